The van der Waals surface area contributed by atoms with E-state index in [1.807, 2.05) is 0 Å². The molecule has 1 N–H and O–H groups in total. The average Bonchev–Trinajstić information content (AvgIpc) is 3.29. The predicted octanol–water partition coefficient (Wildman–Crippen LogP) is 3.31. The number of hydrogen-bond donors (Lipinski definition) is 1. The second-order valence-electron chi connectivity index (χ2n) is 4.82. The Balaban J connectivity index is 1.84. The second-order valence-corrected chi connectivity index (χ2v) is 4.82. The van der Waals surface area contributed by atoms with Crippen LogP contribution in [0.2, 0.25) is 0 Å². The molecule has 2 rings (SSSR count). The van der Waals surface area contributed by atoms with Crippen molar-refractivity contribution in [2.24, 2.45) is 11.0 Å². The number of carbonyl (C=O) groups excluding carboxylic acids is 2. The van der Waals surface area contributed by atoms with E-state index in [2.05, 4.69) is 15.3 Å². The SMILES string of the molecule is [N-]=[N+]=NCCCC(=O)c1ccc(NC(=O)C2CC2)cc1. The highest BCUT2D eigenvalue weighted by atomic mass is 16.2. The third-order valence-electron chi connectivity index (χ3n) is 3.15. The summed E-state index contributed by atoms with van der Waals surface area (Å²) < 4.78 is 0. The van der Waals surface area contributed by atoms with Crippen LogP contribution in [-0.2, 0) is 4.79 Å². The fourth-order valence-corrected chi connectivity index (χ4v) is 1.83. The highest BCUT2D eigenvalue weighted by Gasteiger charge is 2.29. The molecule has 104 valence electrons. The molecule has 0 aromatic heterocycles. The van der Waals surface area contributed by atoms with Gasteiger partial charge in [-0.05, 0) is 49.1 Å². The number of Topliss-reactive ketones (excluding diaryl/α,β-unsaturated/α-hetero) is 1. The zero-order valence-corrected chi connectivity index (χ0v) is 11.1. The quantitative estimate of drug-likeness (QED) is 0.271. The van der Waals surface area contributed by atoms with Gasteiger partial charge in [0.2, 0.25) is 5.91 Å². The van der Waals surface area contributed by atoms with Crippen molar-refractivity contribution in [3.63, 3.8) is 0 Å². The first-order valence-electron chi connectivity index (χ1n) is 6.65. The van der Waals surface area contributed by atoms with Crippen molar-refractivity contribution >= 4 is 17.4 Å². The van der Waals surface area contributed by atoms with E-state index in [1.165, 1.54) is 0 Å². The van der Waals surface area contributed by atoms with E-state index in [0.717, 1.165) is 12.8 Å². The van der Waals surface area contributed by atoms with E-state index < -0.39 is 0 Å². The van der Waals surface area contributed by atoms with Gasteiger partial charge in [-0.3, -0.25) is 9.59 Å². The van der Waals surface area contributed by atoms with Gasteiger partial charge < -0.3 is 5.32 Å². The molecule has 1 saturated carbocycles. The van der Waals surface area contributed by atoms with E-state index in [9.17, 15) is 9.59 Å². The lowest BCUT2D eigenvalue weighted by Crippen LogP contribution is -2.13. The lowest BCUT2D eigenvalue weighted by atomic mass is 10.1. The Labute approximate surface area is 116 Å². The van der Waals surface area contributed by atoms with Crippen molar-refractivity contribution < 1.29 is 9.59 Å². The number of nitrogens with one attached hydrogen (secondary N) is 1. The molecule has 0 spiro atoms. The van der Waals surface area contributed by atoms with Gasteiger partial charge in [0, 0.05) is 35.0 Å². The Bertz CT molecular complexity index is 543. The molecule has 1 amide bonds. The van der Waals surface area contributed by atoms with Gasteiger partial charge in [-0.2, -0.15) is 0 Å². The number of nitrogens with zero attached hydrogens (tertiary/aromatic N) is 3. The van der Waals surface area contributed by atoms with Gasteiger partial charge >= 0.3 is 0 Å². The summed E-state index contributed by atoms with van der Waals surface area (Å²) in [6.07, 6.45) is 2.83. The molecule has 1 fully saturated rings. The van der Waals surface area contributed by atoms with Crippen LogP contribution in [0, 0.1) is 5.92 Å². The minimum atomic E-state index is 0.0122. The number of rotatable bonds is 7. The normalized spacial score (nSPS) is 13.4. The van der Waals surface area contributed by atoms with Gasteiger partial charge in [-0.15, -0.1) is 0 Å². The largest absolute Gasteiger partial charge is 0.326 e. The van der Waals surface area contributed by atoms with Gasteiger partial charge in [-0.1, -0.05) is 5.11 Å². The number of anilines is 1. The molecule has 0 atom stereocenters. The summed E-state index contributed by atoms with van der Waals surface area (Å²) in [5.41, 5.74) is 9.46. The molecule has 0 heterocycles. The number of hydrogen-bond acceptors (Lipinski definition) is 3. The second kappa shape index (κ2) is 6.73. The molecule has 0 radical (unpaired) electrons. The van der Waals surface area contributed by atoms with Crippen LogP contribution in [-0.4, -0.2) is 18.2 Å². The van der Waals surface area contributed by atoms with Crippen molar-refractivity contribution in [3.8, 4) is 0 Å². The maximum atomic E-state index is 11.8. The van der Waals surface area contributed by atoms with E-state index in [-0.39, 0.29) is 17.6 Å². The monoisotopic (exact) mass is 272 g/mol. The molecule has 1 aromatic rings. The molecule has 0 saturated heterocycles. The molecule has 6 nitrogen and oxygen atoms in total. The minimum Gasteiger partial charge on any atom is -0.326 e. The van der Waals surface area contributed by atoms with Gasteiger partial charge in [-0.25, -0.2) is 0 Å². The number of azide groups is 1. The van der Waals surface area contributed by atoms with Gasteiger partial charge in [0.25, 0.3) is 0 Å². The third kappa shape index (κ3) is 4.10. The van der Waals surface area contributed by atoms with Crippen LogP contribution in [0.3, 0.4) is 0 Å². The van der Waals surface area contributed by atoms with Crippen LogP contribution < -0.4 is 5.32 Å². The zero-order chi connectivity index (χ0) is 14.4. The zero-order valence-electron chi connectivity index (χ0n) is 11.1. The molecular formula is C14H16N4O2. The maximum Gasteiger partial charge on any atom is 0.227 e. The van der Waals surface area contributed by atoms with E-state index >= 15 is 0 Å². The minimum absolute atomic E-state index is 0.0122. The smallest absolute Gasteiger partial charge is 0.227 e. The van der Waals surface area contributed by atoms with Crippen molar-refractivity contribution in [1.82, 2.24) is 0 Å². The van der Waals surface area contributed by atoms with Crippen LogP contribution >= 0.6 is 0 Å². The number of benzene rings is 1. The Morgan fingerprint density at radius 2 is 2.00 bits per heavy atom. The van der Waals surface area contributed by atoms with Crippen LogP contribution in [0.15, 0.2) is 29.4 Å². The molecule has 6 heteroatoms. The Hall–Kier alpha value is -2.33. The first-order chi connectivity index (χ1) is 9.70. The lowest BCUT2D eigenvalue weighted by molar-refractivity contribution is -0.117. The molecule has 1 aromatic carbocycles. The summed E-state index contributed by atoms with van der Waals surface area (Å²) >= 11 is 0. The Kier molecular flexibility index (Phi) is 4.74. The molecule has 0 unspecified atom stereocenters. The fourth-order valence-electron chi connectivity index (χ4n) is 1.83. The Morgan fingerprint density at radius 1 is 1.30 bits per heavy atom. The molecule has 0 aliphatic heterocycles. The van der Waals surface area contributed by atoms with Crippen LogP contribution in [0.4, 0.5) is 5.69 Å². The van der Waals surface area contributed by atoms with E-state index in [1.54, 1.807) is 24.3 Å². The van der Waals surface area contributed by atoms with Crippen molar-refractivity contribution in [2.45, 2.75) is 25.7 Å². The van der Waals surface area contributed by atoms with Gasteiger partial charge in [0.1, 0.15) is 0 Å². The van der Waals surface area contributed by atoms with Gasteiger partial charge in [0.05, 0.1) is 0 Å². The number of carbonyl (C=O) groups is 2. The summed E-state index contributed by atoms with van der Waals surface area (Å²) in [5.74, 6) is 0.230. The first-order valence-corrected chi connectivity index (χ1v) is 6.65. The third-order valence-corrected chi connectivity index (χ3v) is 3.15. The van der Waals surface area contributed by atoms with Crippen molar-refractivity contribution in [3.05, 3.63) is 40.3 Å². The summed E-state index contributed by atoms with van der Waals surface area (Å²) in [7, 11) is 0. The molecule has 20 heavy (non-hydrogen) atoms. The number of amides is 1. The standard InChI is InChI=1S/C14H16N4O2/c15-18-16-9-1-2-13(19)10-5-7-12(8-6-10)17-14(20)11-3-4-11/h5-8,11H,1-4,9H2,(H,17,20). The summed E-state index contributed by atoms with van der Waals surface area (Å²) in [4.78, 5) is 26.1. The number of ketones is 1. The maximum absolute atomic E-state index is 11.8. The molecule has 0 bridgehead atoms. The lowest BCUT2D eigenvalue weighted by Gasteiger charge is -2.05. The average molecular weight is 272 g/mol. The summed E-state index contributed by atoms with van der Waals surface area (Å²) in [6.45, 7) is 0.331. The van der Waals surface area contributed by atoms with E-state index in [0.29, 0.717) is 30.6 Å². The molecule has 1 aliphatic rings. The molecular weight excluding hydrogens is 256 g/mol. The van der Waals surface area contributed by atoms with Crippen LogP contribution in [0.25, 0.3) is 10.4 Å². The first kappa shape index (κ1) is 14.1. The predicted molar refractivity (Wildman–Crippen MR) is 75.4 cm³/mol. The Morgan fingerprint density at radius 3 is 2.60 bits per heavy atom. The summed E-state index contributed by atoms with van der Waals surface area (Å²) in [5, 5.41) is 6.21. The van der Waals surface area contributed by atoms with Gasteiger partial charge in [0.15, 0.2) is 5.78 Å². The van der Waals surface area contributed by atoms with Crippen molar-refractivity contribution in [2.75, 3.05) is 11.9 Å². The molecule has 1 aliphatic carbocycles. The topological polar surface area (TPSA) is 94.9 Å². The van der Waals surface area contributed by atoms with Crippen molar-refractivity contribution in [1.29, 1.82) is 0 Å². The van der Waals surface area contributed by atoms with Crippen LogP contribution in [0.1, 0.15) is 36.0 Å². The van der Waals surface area contributed by atoms with E-state index in [4.69, 9.17) is 5.53 Å². The fraction of sp³-hybridized carbons (Fsp3) is 0.429. The highest BCUT2D eigenvalue weighted by Crippen LogP contribution is 2.30. The van der Waals surface area contributed by atoms with Crippen LogP contribution in [0.5, 0.6) is 0 Å². The summed E-state index contributed by atoms with van der Waals surface area (Å²) in [6, 6.07) is 6.89. The highest BCUT2D eigenvalue weighted by molar-refractivity contribution is 5.97.